The van der Waals surface area contributed by atoms with Gasteiger partial charge in [-0.15, -0.1) is 0 Å². The predicted octanol–water partition coefficient (Wildman–Crippen LogP) is 3.96. The predicted molar refractivity (Wildman–Crippen MR) is 121 cm³/mol. The molecule has 4 rings (SSSR count). The first-order chi connectivity index (χ1) is 15.1. The molecule has 1 aromatic heterocycles. The fourth-order valence-corrected chi connectivity index (χ4v) is 4.03. The van der Waals surface area contributed by atoms with Crippen LogP contribution in [0.4, 0.5) is 0 Å². The van der Waals surface area contributed by atoms with Crippen molar-refractivity contribution in [3.05, 3.63) is 59.4 Å². The Balaban J connectivity index is 1.37. The molecule has 1 saturated heterocycles. The number of imidazole rings is 1. The zero-order chi connectivity index (χ0) is 21.6. The maximum Gasteiger partial charge on any atom is 0.249 e. The van der Waals surface area contributed by atoms with Crippen molar-refractivity contribution < 1.29 is 14.3 Å². The van der Waals surface area contributed by atoms with E-state index in [0.717, 1.165) is 60.4 Å². The van der Waals surface area contributed by atoms with E-state index in [1.807, 2.05) is 18.2 Å². The maximum atomic E-state index is 12.1. The van der Waals surface area contributed by atoms with E-state index in [2.05, 4.69) is 48.0 Å². The van der Waals surface area contributed by atoms with Crippen LogP contribution in [-0.4, -0.2) is 41.3 Å². The van der Waals surface area contributed by atoms with Crippen LogP contribution in [0.2, 0.25) is 0 Å². The third-order valence-corrected chi connectivity index (χ3v) is 5.75. The minimum atomic E-state index is -0.271. The molecule has 3 aromatic rings. The molecule has 0 saturated carbocycles. The van der Waals surface area contributed by atoms with Crippen LogP contribution in [0, 0.1) is 13.8 Å². The van der Waals surface area contributed by atoms with Crippen molar-refractivity contribution in [1.82, 2.24) is 14.9 Å². The number of nitrogens with one attached hydrogen (secondary N) is 1. The Bertz CT molecular complexity index is 1040. The molecule has 164 valence electrons. The van der Waals surface area contributed by atoms with E-state index in [1.54, 1.807) is 0 Å². The number of amides is 1. The van der Waals surface area contributed by atoms with E-state index in [1.165, 1.54) is 5.56 Å². The van der Waals surface area contributed by atoms with Gasteiger partial charge in [0, 0.05) is 19.6 Å². The van der Waals surface area contributed by atoms with Crippen LogP contribution in [0.5, 0.6) is 5.75 Å². The molecule has 1 atom stereocenters. The lowest BCUT2D eigenvalue weighted by Gasteiger charge is -2.13. The Morgan fingerprint density at radius 1 is 1.26 bits per heavy atom. The van der Waals surface area contributed by atoms with Gasteiger partial charge < -0.3 is 19.4 Å². The lowest BCUT2D eigenvalue weighted by molar-refractivity contribution is -0.130. The van der Waals surface area contributed by atoms with Crippen molar-refractivity contribution in [2.75, 3.05) is 19.8 Å². The highest BCUT2D eigenvalue weighted by Gasteiger charge is 2.22. The number of hydrogen-bond acceptors (Lipinski definition) is 4. The van der Waals surface area contributed by atoms with Gasteiger partial charge in [0.15, 0.2) is 0 Å². The number of aryl methyl sites for hydroxylation is 3. The summed E-state index contributed by atoms with van der Waals surface area (Å²) in [6, 6.07) is 14.5. The zero-order valence-corrected chi connectivity index (χ0v) is 18.4. The maximum absolute atomic E-state index is 12.1. The van der Waals surface area contributed by atoms with E-state index in [4.69, 9.17) is 14.5 Å². The Labute approximate surface area is 183 Å². The number of carbonyl (C=O) groups is 1. The van der Waals surface area contributed by atoms with Crippen molar-refractivity contribution in [3.63, 3.8) is 0 Å². The molecule has 31 heavy (non-hydrogen) atoms. The molecule has 6 heteroatoms. The topological polar surface area (TPSA) is 65.4 Å². The number of benzene rings is 2. The molecule has 1 amide bonds. The first-order valence-electron chi connectivity index (χ1n) is 11.2. The second-order valence-corrected chi connectivity index (χ2v) is 8.18. The van der Waals surface area contributed by atoms with Crippen LogP contribution in [-0.2, 0) is 22.5 Å². The average Bonchev–Trinajstić information content (AvgIpc) is 3.42. The van der Waals surface area contributed by atoms with Gasteiger partial charge in [-0.3, -0.25) is 4.79 Å². The summed E-state index contributed by atoms with van der Waals surface area (Å²) >= 11 is 0. The van der Waals surface area contributed by atoms with Gasteiger partial charge in [-0.1, -0.05) is 24.3 Å². The molecule has 1 aliphatic heterocycles. The highest BCUT2D eigenvalue weighted by atomic mass is 16.5. The number of para-hydroxylation sites is 2. The average molecular weight is 422 g/mol. The third-order valence-electron chi connectivity index (χ3n) is 5.75. The van der Waals surface area contributed by atoms with E-state index in [-0.39, 0.29) is 12.0 Å². The van der Waals surface area contributed by atoms with Crippen LogP contribution < -0.4 is 10.1 Å². The van der Waals surface area contributed by atoms with E-state index < -0.39 is 0 Å². The van der Waals surface area contributed by atoms with Crippen molar-refractivity contribution in [2.24, 2.45) is 0 Å². The van der Waals surface area contributed by atoms with Crippen LogP contribution in [0.25, 0.3) is 11.0 Å². The summed E-state index contributed by atoms with van der Waals surface area (Å²) in [7, 11) is 0. The third kappa shape index (κ3) is 5.25. The lowest BCUT2D eigenvalue weighted by atomic mass is 10.1. The van der Waals surface area contributed by atoms with Crippen LogP contribution >= 0.6 is 0 Å². The van der Waals surface area contributed by atoms with Crippen molar-refractivity contribution in [3.8, 4) is 5.75 Å². The molecule has 0 radical (unpaired) electrons. The number of ether oxygens (including phenoxy) is 2. The fraction of sp³-hybridized carbons (Fsp3) is 0.440. The summed E-state index contributed by atoms with van der Waals surface area (Å²) in [5.74, 6) is 1.97. The van der Waals surface area contributed by atoms with E-state index >= 15 is 0 Å². The molecule has 1 unspecified atom stereocenters. The van der Waals surface area contributed by atoms with E-state index in [0.29, 0.717) is 19.8 Å². The molecule has 2 heterocycles. The molecular formula is C25H31N3O3. The number of fused-ring (bicyclic) bond motifs is 1. The summed E-state index contributed by atoms with van der Waals surface area (Å²) in [5, 5.41) is 3.00. The summed E-state index contributed by atoms with van der Waals surface area (Å²) in [6.07, 6.45) is 3.14. The SMILES string of the molecule is Cc1ccc(C)c(OCCn2c(CCCNC(=O)C3CCCO3)nc3ccccc32)c1. The second kappa shape index (κ2) is 9.96. The van der Waals surface area contributed by atoms with Crippen molar-refractivity contribution in [1.29, 1.82) is 0 Å². The summed E-state index contributed by atoms with van der Waals surface area (Å²) < 4.78 is 13.8. The van der Waals surface area contributed by atoms with Gasteiger partial charge in [0.05, 0.1) is 17.6 Å². The highest BCUT2D eigenvalue weighted by Crippen LogP contribution is 2.21. The normalized spacial score (nSPS) is 16.0. The number of nitrogens with zero attached hydrogens (tertiary/aromatic N) is 2. The molecule has 1 aliphatic rings. The Hall–Kier alpha value is -2.86. The fourth-order valence-electron chi connectivity index (χ4n) is 4.03. The minimum absolute atomic E-state index is 0.00734. The quantitative estimate of drug-likeness (QED) is 0.531. The molecule has 1 fully saturated rings. The largest absolute Gasteiger partial charge is 0.491 e. The smallest absolute Gasteiger partial charge is 0.249 e. The molecule has 0 aliphatic carbocycles. The Kier molecular flexibility index (Phi) is 6.87. The van der Waals surface area contributed by atoms with Gasteiger partial charge >= 0.3 is 0 Å². The molecule has 6 nitrogen and oxygen atoms in total. The number of hydrogen-bond donors (Lipinski definition) is 1. The zero-order valence-electron chi connectivity index (χ0n) is 18.4. The van der Waals surface area contributed by atoms with E-state index in [9.17, 15) is 4.79 Å². The molecule has 1 N–H and O–H groups in total. The first-order valence-corrected chi connectivity index (χ1v) is 11.2. The molecule has 0 spiro atoms. The van der Waals surface area contributed by atoms with Gasteiger partial charge in [-0.05, 0) is 62.4 Å². The van der Waals surface area contributed by atoms with Gasteiger partial charge in [0.1, 0.15) is 24.3 Å². The Morgan fingerprint density at radius 3 is 2.97 bits per heavy atom. The van der Waals surface area contributed by atoms with Gasteiger partial charge in [0.2, 0.25) is 5.91 Å². The minimum Gasteiger partial charge on any atom is -0.491 e. The molecule has 2 aromatic carbocycles. The van der Waals surface area contributed by atoms with Gasteiger partial charge in [-0.25, -0.2) is 4.98 Å². The molecular weight excluding hydrogens is 390 g/mol. The number of aromatic nitrogens is 2. The van der Waals surface area contributed by atoms with Crippen molar-refractivity contribution >= 4 is 16.9 Å². The standard InChI is InChI=1S/C25H31N3O3/c1-18-11-12-19(2)23(17-18)31-16-14-28-21-8-4-3-7-20(21)27-24(28)10-5-13-26-25(29)22-9-6-15-30-22/h3-4,7-8,11-12,17,22H,5-6,9-10,13-16H2,1-2H3,(H,26,29). The summed E-state index contributed by atoms with van der Waals surface area (Å²) in [5.41, 5.74) is 4.45. The number of rotatable bonds is 9. The highest BCUT2D eigenvalue weighted by molar-refractivity contribution is 5.80. The van der Waals surface area contributed by atoms with Crippen LogP contribution in [0.15, 0.2) is 42.5 Å². The monoisotopic (exact) mass is 421 g/mol. The Morgan fingerprint density at radius 2 is 2.13 bits per heavy atom. The van der Waals surface area contributed by atoms with Gasteiger partial charge in [0.25, 0.3) is 0 Å². The molecule has 0 bridgehead atoms. The first kappa shape index (κ1) is 21.4. The summed E-state index contributed by atoms with van der Waals surface area (Å²) in [6.45, 7) is 6.76. The lowest BCUT2D eigenvalue weighted by Crippen LogP contribution is -2.34. The summed E-state index contributed by atoms with van der Waals surface area (Å²) in [4.78, 5) is 17.0. The van der Waals surface area contributed by atoms with Crippen LogP contribution in [0.3, 0.4) is 0 Å². The van der Waals surface area contributed by atoms with Crippen molar-refractivity contribution in [2.45, 2.75) is 52.2 Å². The van der Waals surface area contributed by atoms with Gasteiger partial charge in [-0.2, -0.15) is 0 Å². The van der Waals surface area contributed by atoms with Crippen LogP contribution in [0.1, 0.15) is 36.2 Å². The second-order valence-electron chi connectivity index (χ2n) is 8.18. The number of carbonyl (C=O) groups excluding carboxylic acids is 1.